The Kier molecular flexibility index (Phi) is 7.54. The van der Waals surface area contributed by atoms with Crippen LogP contribution in [0.15, 0.2) is 24.3 Å². The third-order valence-corrected chi connectivity index (χ3v) is 4.16. The van der Waals surface area contributed by atoms with E-state index in [1.807, 2.05) is 38.4 Å². The fourth-order valence-electron chi connectivity index (χ4n) is 2.08. The Bertz CT molecular complexity index is 378. The van der Waals surface area contributed by atoms with Crippen LogP contribution in [-0.2, 0) is 0 Å². The molecule has 2 N–H and O–H groups in total. The number of nitrogens with one attached hydrogen (secondary N) is 1. The molecule has 1 aromatic carbocycles. The molecule has 1 rings (SSSR count). The summed E-state index contributed by atoms with van der Waals surface area (Å²) in [5.74, 6) is 0.891. The maximum Gasteiger partial charge on any atom is 0.119 e. The predicted octanol–water partition coefficient (Wildman–Crippen LogP) is 2.84. The number of nitrogens with zero attached hydrogens (tertiary/aromatic N) is 1. The number of rotatable bonds is 10. The normalized spacial score (nSPS) is 11.7. The molecule has 0 aliphatic rings. The molecule has 1 aromatic rings. The fourth-order valence-corrected chi connectivity index (χ4v) is 2.08. The monoisotopic (exact) mass is 294 g/mol. The molecule has 0 amide bonds. The molecule has 0 atom stereocenters. The van der Waals surface area contributed by atoms with E-state index < -0.39 is 0 Å². The summed E-state index contributed by atoms with van der Waals surface area (Å²) in [6.07, 6.45) is 1.94. The molecule has 0 aliphatic heterocycles. The van der Waals surface area contributed by atoms with Gasteiger partial charge < -0.3 is 20.1 Å². The zero-order valence-electron chi connectivity index (χ0n) is 13.9. The number of ether oxygens (including phenoxy) is 1. The minimum absolute atomic E-state index is 0.0269. The summed E-state index contributed by atoms with van der Waals surface area (Å²) in [5, 5.41) is 13.0. The van der Waals surface area contributed by atoms with Crippen LogP contribution in [0.4, 0.5) is 5.69 Å². The van der Waals surface area contributed by atoms with Gasteiger partial charge in [-0.05, 0) is 51.2 Å². The van der Waals surface area contributed by atoms with Crippen LogP contribution in [0.25, 0.3) is 0 Å². The quantitative estimate of drug-likeness (QED) is 0.696. The molecular formula is C17H30N2O2. The lowest BCUT2D eigenvalue weighted by atomic mass is 9.83. The van der Waals surface area contributed by atoms with Gasteiger partial charge in [0.2, 0.25) is 0 Å². The minimum Gasteiger partial charge on any atom is -0.492 e. The van der Waals surface area contributed by atoms with E-state index >= 15 is 0 Å². The second kappa shape index (κ2) is 8.90. The van der Waals surface area contributed by atoms with Gasteiger partial charge in [0, 0.05) is 24.2 Å². The number of likely N-dealkylation sites (N-methyl/N-ethyl adjacent to an activating group) is 1. The van der Waals surface area contributed by atoms with Crippen molar-refractivity contribution in [3.63, 3.8) is 0 Å². The van der Waals surface area contributed by atoms with Crippen molar-refractivity contribution in [1.29, 1.82) is 0 Å². The minimum atomic E-state index is -0.0269. The van der Waals surface area contributed by atoms with Crippen molar-refractivity contribution in [2.45, 2.75) is 26.7 Å². The summed E-state index contributed by atoms with van der Waals surface area (Å²) < 4.78 is 5.67. The average molecular weight is 294 g/mol. The summed E-state index contributed by atoms with van der Waals surface area (Å²) in [6.45, 7) is 6.87. The summed E-state index contributed by atoms with van der Waals surface area (Å²) in [4.78, 5) is 2.10. The maximum absolute atomic E-state index is 9.58. The van der Waals surface area contributed by atoms with Crippen LogP contribution in [0, 0.1) is 5.41 Å². The van der Waals surface area contributed by atoms with Gasteiger partial charge in [0.1, 0.15) is 12.4 Å². The maximum atomic E-state index is 9.58. The molecule has 0 saturated heterocycles. The Morgan fingerprint density at radius 1 is 1.14 bits per heavy atom. The Labute approximate surface area is 129 Å². The molecule has 0 saturated carbocycles. The van der Waals surface area contributed by atoms with Crippen LogP contribution in [0.1, 0.15) is 26.7 Å². The molecule has 0 heterocycles. The number of anilines is 1. The lowest BCUT2D eigenvalue weighted by Crippen LogP contribution is -2.32. The van der Waals surface area contributed by atoms with Crippen molar-refractivity contribution in [1.82, 2.24) is 4.90 Å². The first-order valence-electron chi connectivity index (χ1n) is 7.77. The fraction of sp³-hybridized carbons (Fsp3) is 0.647. The van der Waals surface area contributed by atoms with E-state index in [9.17, 15) is 5.11 Å². The van der Waals surface area contributed by atoms with Crippen molar-refractivity contribution in [2.24, 2.45) is 5.41 Å². The van der Waals surface area contributed by atoms with Crippen LogP contribution in [0.3, 0.4) is 0 Å². The van der Waals surface area contributed by atoms with Gasteiger partial charge in [-0.2, -0.15) is 0 Å². The van der Waals surface area contributed by atoms with Crippen molar-refractivity contribution in [2.75, 3.05) is 45.7 Å². The second-order valence-electron chi connectivity index (χ2n) is 5.89. The number of hydrogen-bond donors (Lipinski definition) is 2. The Morgan fingerprint density at radius 2 is 1.76 bits per heavy atom. The van der Waals surface area contributed by atoms with Gasteiger partial charge >= 0.3 is 0 Å². The molecule has 0 bridgehead atoms. The van der Waals surface area contributed by atoms with Gasteiger partial charge in [-0.15, -0.1) is 0 Å². The van der Waals surface area contributed by atoms with Crippen LogP contribution in [0.2, 0.25) is 0 Å². The Morgan fingerprint density at radius 3 is 2.24 bits per heavy atom. The van der Waals surface area contributed by atoms with E-state index in [1.165, 1.54) is 0 Å². The van der Waals surface area contributed by atoms with Gasteiger partial charge in [-0.3, -0.25) is 0 Å². The topological polar surface area (TPSA) is 44.7 Å². The number of aliphatic hydroxyl groups is 1. The SMILES string of the molecule is CCC(CC)(CO)CNc1ccc(OCCN(C)C)cc1. The van der Waals surface area contributed by atoms with Crippen molar-refractivity contribution in [3.05, 3.63) is 24.3 Å². The molecule has 120 valence electrons. The highest BCUT2D eigenvalue weighted by Crippen LogP contribution is 2.26. The molecule has 0 radical (unpaired) electrons. The molecule has 0 aliphatic carbocycles. The third-order valence-electron chi connectivity index (χ3n) is 4.16. The summed E-state index contributed by atoms with van der Waals surface area (Å²) in [6, 6.07) is 8.02. The largest absolute Gasteiger partial charge is 0.492 e. The highest BCUT2D eigenvalue weighted by Gasteiger charge is 2.24. The van der Waals surface area contributed by atoms with Crippen LogP contribution >= 0.6 is 0 Å². The standard InChI is InChI=1S/C17H30N2O2/c1-5-17(6-2,14-20)13-18-15-7-9-16(10-8-15)21-12-11-19(3)4/h7-10,18,20H,5-6,11-14H2,1-4H3. The number of aliphatic hydroxyl groups excluding tert-OH is 1. The molecule has 0 unspecified atom stereocenters. The first kappa shape index (κ1) is 17.8. The zero-order valence-corrected chi connectivity index (χ0v) is 13.9. The summed E-state index contributed by atoms with van der Waals surface area (Å²) in [5.41, 5.74) is 1.04. The zero-order chi connectivity index (χ0) is 15.7. The molecule has 0 spiro atoms. The van der Waals surface area contributed by atoms with Crippen LogP contribution in [-0.4, -0.2) is 50.4 Å². The number of benzene rings is 1. The molecule has 21 heavy (non-hydrogen) atoms. The Balaban J connectivity index is 2.47. The highest BCUT2D eigenvalue weighted by molar-refractivity contribution is 5.46. The first-order valence-corrected chi connectivity index (χ1v) is 7.77. The van der Waals surface area contributed by atoms with E-state index in [0.717, 1.165) is 37.4 Å². The van der Waals surface area contributed by atoms with Crippen molar-refractivity contribution in [3.8, 4) is 5.75 Å². The smallest absolute Gasteiger partial charge is 0.119 e. The highest BCUT2D eigenvalue weighted by atomic mass is 16.5. The van der Waals surface area contributed by atoms with Gasteiger partial charge in [-0.25, -0.2) is 0 Å². The van der Waals surface area contributed by atoms with E-state index in [0.29, 0.717) is 6.61 Å². The van der Waals surface area contributed by atoms with Crippen LogP contribution < -0.4 is 10.1 Å². The van der Waals surface area contributed by atoms with E-state index in [2.05, 4.69) is 24.1 Å². The predicted molar refractivity (Wildman–Crippen MR) is 89.1 cm³/mol. The molecule has 4 nitrogen and oxygen atoms in total. The van der Waals surface area contributed by atoms with E-state index in [4.69, 9.17) is 4.74 Å². The van der Waals surface area contributed by atoms with Crippen LogP contribution in [0.5, 0.6) is 5.75 Å². The molecule has 0 fully saturated rings. The first-order chi connectivity index (χ1) is 10.0. The van der Waals surface area contributed by atoms with E-state index in [-0.39, 0.29) is 12.0 Å². The average Bonchev–Trinajstić information content (AvgIpc) is 2.50. The van der Waals surface area contributed by atoms with E-state index in [1.54, 1.807) is 0 Å². The van der Waals surface area contributed by atoms with Gasteiger partial charge in [0.15, 0.2) is 0 Å². The summed E-state index contributed by atoms with van der Waals surface area (Å²) >= 11 is 0. The van der Waals surface area contributed by atoms with Crippen molar-refractivity contribution >= 4 is 5.69 Å². The van der Waals surface area contributed by atoms with Gasteiger partial charge in [-0.1, -0.05) is 13.8 Å². The molecule has 4 heteroatoms. The summed E-state index contributed by atoms with van der Waals surface area (Å²) in [7, 11) is 4.07. The number of hydrogen-bond acceptors (Lipinski definition) is 4. The molecule has 0 aromatic heterocycles. The molecular weight excluding hydrogens is 264 g/mol. The van der Waals surface area contributed by atoms with Gasteiger partial charge in [0.25, 0.3) is 0 Å². The third kappa shape index (κ3) is 5.94. The lowest BCUT2D eigenvalue weighted by molar-refractivity contribution is 0.127. The lowest BCUT2D eigenvalue weighted by Gasteiger charge is -2.30. The van der Waals surface area contributed by atoms with Gasteiger partial charge in [0.05, 0.1) is 6.61 Å². The van der Waals surface area contributed by atoms with Crippen molar-refractivity contribution < 1.29 is 9.84 Å². The second-order valence-corrected chi connectivity index (χ2v) is 5.89. The Hall–Kier alpha value is -1.26.